The van der Waals surface area contributed by atoms with Crippen LogP contribution in [0.4, 0.5) is 0 Å². The van der Waals surface area contributed by atoms with Crippen molar-refractivity contribution in [1.29, 1.82) is 0 Å². The van der Waals surface area contributed by atoms with Crippen molar-refractivity contribution in [2.45, 2.75) is 75.8 Å². The lowest BCUT2D eigenvalue weighted by atomic mass is 10.1. The molecule has 0 bridgehead atoms. The lowest BCUT2D eigenvalue weighted by Gasteiger charge is -2.10. The van der Waals surface area contributed by atoms with Crippen LogP contribution in [0.5, 0.6) is 0 Å². The van der Waals surface area contributed by atoms with E-state index in [4.69, 9.17) is 59.3 Å². The zero-order chi connectivity index (χ0) is 39.5. The highest BCUT2D eigenvalue weighted by Crippen LogP contribution is 2.02. The summed E-state index contributed by atoms with van der Waals surface area (Å²) >= 11 is 2.94. The summed E-state index contributed by atoms with van der Waals surface area (Å²) in [5.74, 6) is -5.52. The third-order valence-corrected chi connectivity index (χ3v) is 5.95. The average Bonchev–Trinajstić information content (AvgIpc) is 3.05. The van der Waals surface area contributed by atoms with E-state index in [1.807, 2.05) is 19.9 Å². The van der Waals surface area contributed by atoms with Gasteiger partial charge in [0, 0.05) is 31.6 Å². The van der Waals surface area contributed by atoms with E-state index in [-0.39, 0.29) is 43.2 Å². The average molecular weight is 774 g/mol. The number of Topliss-reactive ketones (excluding diaryl/α,β-unsaturated/α-hetero) is 1. The van der Waals surface area contributed by atoms with Gasteiger partial charge in [-0.15, -0.1) is 0 Å². The third kappa shape index (κ3) is 41.9. The summed E-state index contributed by atoms with van der Waals surface area (Å²) in [7, 11) is 0. The van der Waals surface area contributed by atoms with Crippen LogP contribution in [0.15, 0.2) is 30.3 Å². The predicted octanol–water partition coefficient (Wildman–Crippen LogP) is -0.428. The fourth-order valence-corrected chi connectivity index (χ4v) is 2.00. The summed E-state index contributed by atoms with van der Waals surface area (Å²) in [5.41, 5.74) is 25.4. The molecule has 284 valence electrons. The Balaban J connectivity index is -0.000000168. The van der Waals surface area contributed by atoms with Gasteiger partial charge in [0.1, 0.15) is 23.0 Å². The zero-order valence-corrected chi connectivity index (χ0v) is 29.5. The highest BCUT2D eigenvalue weighted by Gasteiger charge is 2.16. The Morgan fingerprint density at radius 3 is 1.31 bits per heavy atom. The first-order valence-corrected chi connectivity index (χ1v) is 15.6. The van der Waals surface area contributed by atoms with Gasteiger partial charge in [0.2, 0.25) is 0 Å². The normalized spacial score (nSPS) is 11.7. The minimum absolute atomic E-state index is 0.00463. The molecule has 0 amide bonds. The summed E-state index contributed by atoms with van der Waals surface area (Å²) < 4.78 is 0. The molecule has 0 aliphatic rings. The van der Waals surface area contributed by atoms with Gasteiger partial charge in [0.05, 0.1) is 13.0 Å². The van der Waals surface area contributed by atoms with Gasteiger partial charge in [-0.1, -0.05) is 67.0 Å². The number of ketones is 1. The maximum absolute atomic E-state index is 11.6. The first kappa shape index (κ1) is 54.4. The summed E-state index contributed by atoms with van der Waals surface area (Å²) in [6.45, 7) is 5.54. The lowest BCUT2D eigenvalue weighted by molar-refractivity contribution is -0.139. The number of rotatable bonds is 16. The van der Waals surface area contributed by atoms with Crippen LogP contribution < -0.4 is 34.0 Å². The molecular formula is C29H53BrN6O13. The molecule has 0 saturated carbocycles. The number of hydrogen-bond acceptors (Lipinski definition) is 13. The van der Waals surface area contributed by atoms with Gasteiger partial charge in [-0.2, -0.15) is 0 Å². The fraction of sp³-hybridized carbons (Fsp3) is 0.552. The van der Waals surface area contributed by atoms with Crippen LogP contribution in [-0.2, 0) is 28.8 Å². The maximum atomic E-state index is 11.6. The standard InChI is InChI=1S/C11H14N2O3.C4H7BrO2.C4H9NO2.C4H8O2.C3H8N2O2.C3H7NO2/c12-6-9(11(15)16)13-7-10(14)8-4-2-1-3-5-8;2*1-2-3(5)4(6)7;1-2-3-4(5)6;4-1-2(5)3(6)7;4-2-1-3(5)6/h1-5,9,13H,6-7,12H2,(H,15,16);3H,2H2,1H3,(H,6,7);3H,2,5H2,1H3,(H,6,7);2-3H2,1H3,(H,5,6);2H,1,4-5H2,(H,6,7);1-2,4H2,(H,5,6). The highest BCUT2D eigenvalue weighted by molar-refractivity contribution is 9.10. The van der Waals surface area contributed by atoms with Gasteiger partial charge in [-0.25, -0.2) is 0 Å². The number of carboxylic acid groups (broad SMARTS) is 6. The number of alkyl halides is 1. The summed E-state index contributed by atoms with van der Waals surface area (Å²) in [6.07, 6.45) is 2.22. The summed E-state index contributed by atoms with van der Waals surface area (Å²) in [6, 6.07) is 6.22. The van der Waals surface area contributed by atoms with Crippen molar-refractivity contribution in [3.05, 3.63) is 35.9 Å². The first-order chi connectivity index (χ1) is 22.7. The van der Waals surface area contributed by atoms with Crippen molar-refractivity contribution >= 4 is 57.5 Å². The topological polar surface area (TPSA) is 383 Å². The monoisotopic (exact) mass is 772 g/mol. The van der Waals surface area contributed by atoms with E-state index >= 15 is 0 Å². The Morgan fingerprint density at radius 2 is 1.14 bits per heavy atom. The Bertz CT molecular complexity index is 1000. The van der Waals surface area contributed by atoms with Gasteiger partial charge < -0.3 is 59.3 Å². The van der Waals surface area contributed by atoms with Gasteiger partial charge >= 0.3 is 35.8 Å². The molecular weight excluding hydrogens is 720 g/mol. The summed E-state index contributed by atoms with van der Waals surface area (Å²) in [4.78, 5) is 70.4. The number of carboxylic acids is 6. The summed E-state index contributed by atoms with van der Waals surface area (Å²) in [5, 5.41) is 51.2. The van der Waals surface area contributed by atoms with Crippen LogP contribution >= 0.6 is 15.9 Å². The number of nitrogens with two attached hydrogens (primary N) is 5. The van der Waals surface area contributed by atoms with Crippen LogP contribution in [0, 0.1) is 0 Å². The second kappa shape index (κ2) is 36.8. The van der Waals surface area contributed by atoms with E-state index in [1.165, 1.54) is 0 Å². The highest BCUT2D eigenvalue weighted by atomic mass is 79.9. The van der Waals surface area contributed by atoms with Crippen molar-refractivity contribution in [2.24, 2.45) is 28.7 Å². The van der Waals surface area contributed by atoms with Crippen LogP contribution in [0.2, 0.25) is 0 Å². The predicted molar refractivity (Wildman–Crippen MR) is 184 cm³/mol. The number of nitrogens with one attached hydrogen (secondary N) is 1. The number of halogens is 1. The van der Waals surface area contributed by atoms with E-state index in [0.717, 1.165) is 6.42 Å². The van der Waals surface area contributed by atoms with E-state index in [9.17, 15) is 33.6 Å². The number of benzene rings is 1. The molecule has 0 spiro atoms. The molecule has 0 aromatic heterocycles. The van der Waals surface area contributed by atoms with Crippen LogP contribution in [0.25, 0.3) is 0 Å². The van der Waals surface area contributed by atoms with Gasteiger partial charge in [-0.3, -0.25) is 38.9 Å². The first-order valence-electron chi connectivity index (χ1n) is 14.7. The molecule has 19 nitrogen and oxygen atoms in total. The van der Waals surface area contributed by atoms with Crippen LogP contribution in [-0.4, -0.2) is 121 Å². The number of carbonyl (C=O) groups excluding carboxylic acids is 1. The van der Waals surface area contributed by atoms with Crippen LogP contribution in [0.3, 0.4) is 0 Å². The van der Waals surface area contributed by atoms with Crippen molar-refractivity contribution in [3.8, 4) is 0 Å². The third-order valence-electron chi connectivity index (χ3n) is 4.92. The zero-order valence-electron chi connectivity index (χ0n) is 27.9. The Kier molecular flexibility index (Phi) is 40.8. The van der Waals surface area contributed by atoms with Gasteiger partial charge in [0.15, 0.2) is 5.78 Å². The molecule has 49 heavy (non-hydrogen) atoms. The molecule has 0 aliphatic heterocycles. The molecule has 20 heteroatoms. The molecule has 1 aromatic carbocycles. The van der Waals surface area contributed by atoms with E-state index in [0.29, 0.717) is 24.8 Å². The second-order valence-electron chi connectivity index (χ2n) is 9.12. The number of hydrogen-bond donors (Lipinski definition) is 12. The molecule has 4 unspecified atom stereocenters. The van der Waals surface area contributed by atoms with Gasteiger partial charge in [-0.05, 0) is 19.3 Å². The van der Waals surface area contributed by atoms with E-state index in [2.05, 4.69) is 21.2 Å². The Labute approximate surface area is 293 Å². The molecule has 0 fully saturated rings. The molecule has 1 aromatic rings. The number of aliphatic carboxylic acids is 6. The minimum atomic E-state index is -1.05. The van der Waals surface area contributed by atoms with E-state index < -0.39 is 53.9 Å². The Morgan fingerprint density at radius 1 is 0.673 bits per heavy atom. The minimum Gasteiger partial charge on any atom is -0.481 e. The number of carbonyl (C=O) groups is 7. The molecule has 4 atom stereocenters. The smallest absolute Gasteiger partial charge is 0.322 e. The molecule has 0 heterocycles. The van der Waals surface area contributed by atoms with Crippen LogP contribution in [0.1, 0.15) is 63.2 Å². The Hall–Kier alpha value is -4.05. The van der Waals surface area contributed by atoms with Crippen molar-refractivity contribution in [3.63, 3.8) is 0 Å². The molecule has 17 N–H and O–H groups in total. The molecule has 1 rings (SSSR count). The van der Waals surface area contributed by atoms with Crippen molar-refractivity contribution < 1.29 is 64.2 Å². The quantitative estimate of drug-likeness (QED) is 0.0749. The lowest BCUT2D eigenvalue weighted by Crippen LogP contribution is -2.44. The molecule has 0 saturated heterocycles. The SMILES string of the molecule is CCC(Br)C(=O)O.CCC(N)C(=O)O.CCCC(=O)O.NCC(N)C(=O)O.NCC(NCC(=O)c1ccccc1)C(=O)O.NCCC(=O)O. The molecule has 0 radical (unpaired) electrons. The van der Waals surface area contributed by atoms with Gasteiger partial charge in [0.25, 0.3) is 0 Å². The fourth-order valence-electron chi connectivity index (χ4n) is 2.00. The van der Waals surface area contributed by atoms with Crippen molar-refractivity contribution in [2.75, 3.05) is 26.2 Å². The van der Waals surface area contributed by atoms with Crippen molar-refractivity contribution in [1.82, 2.24) is 5.32 Å². The van der Waals surface area contributed by atoms with E-state index in [1.54, 1.807) is 31.2 Å². The second-order valence-corrected chi connectivity index (χ2v) is 10.2. The largest absolute Gasteiger partial charge is 0.481 e. The maximum Gasteiger partial charge on any atom is 0.322 e. The molecule has 0 aliphatic carbocycles.